The molecule has 0 amide bonds. The maximum Gasteiger partial charge on any atom is 0.122 e. The molecule has 0 radical (unpaired) electrons. The SMILES string of the molecule is Cc1ccccc1OCCNCCCl. The van der Waals surface area contributed by atoms with Gasteiger partial charge in [-0.25, -0.2) is 0 Å². The number of alkyl halides is 1. The predicted octanol–water partition coefficient (Wildman–Crippen LogP) is 2.20. The van der Waals surface area contributed by atoms with Gasteiger partial charge in [-0.1, -0.05) is 18.2 Å². The minimum Gasteiger partial charge on any atom is -0.492 e. The lowest BCUT2D eigenvalue weighted by molar-refractivity contribution is 0.313. The van der Waals surface area contributed by atoms with Crippen molar-refractivity contribution in [3.63, 3.8) is 0 Å². The highest BCUT2D eigenvalue weighted by atomic mass is 35.5. The molecule has 0 spiro atoms. The van der Waals surface area contributed by atoms with Crippen LogP contribution in [0.4, 0.5) is 0 Å². The van der Waals surface area contributed by atoms with Gasteiger partial charge in [0.05, 0.1) is 0 Å². The molecule has 0 unspecified atom stereocenters. The molecule has 1 aromatic rings. The van der Waals surface area contributed by atoms with E-state index in [4.69, 9.17) is 16.3 Å². The van der Waals surface area contributed by atoms with Crippen molar-refractivity contribution < 1.29 is 4.74 Å². The molecule has 0 saturated carbocycles. The highest BCUT2D eigenvalue weighted by Gasteiger charge is 1.96. The first-order valence-electron chi connectivity index (χ1n) is 4.79. The second kappa shape index (κ2) is 6.68. The van der Waals surface area contributed by atoms with Crippen molar-refractivity contribution in [1.29, 1.82) is 0 Å². The Morgan fingerprint density at radius 3 is 2.79 bits per heavy atom. The molecule has 0 aliphatic heterocycles. The molecular formula is C11H16ClNO. The molecule has 2 nitrogen and oxygen atoms in total. The monoisotopic (exact) mass is 213 g/mol. The van der Waals surface area contributed by atoms with E-state index >= 15 is 0 Å². The van der Waals surface area contributed by atoms with Crippen LogP contribution in [0.25, 0.3) is 0 Å². The van der Waals surface area contributed by atoms with Crippen LogP contribution in [0.2, 0.25) is 0 Å². The van der Waals surface area contributed by atoms with Crippen LogP contribution in [0.3, 0.4) is 0 Å². The Labute approximate surface area is 90.2 Å². The standard InChI is InChI=1S/C11H16ClNO/c1-10-4-2-3-5-11(10)14-9-8-13-7-6-12/h2-5,13H,6-9H2,1H3. The normalized spacial score (nSPS) is 10.1. The zero-order valence-corrected chi connectivity index (χ0v) is 9.18. The number of halogens is 1. The van der Waals surface area contributed by atoms with E-state index in [1.165, 1.54) is 5.56 Å². The second-order valence-corrected chi connectivity index (χ2v) is 3.43. The molecule has 0 aliphatic rings. The molecule has 0 atom stereocenters. The van der Waals surface area contributed by atoms with Gasteiger partial charge >= 0.3 is 0 Å². The Hall–Kier alpha value is -0.730. The van der Waals surface area contributed by atoms with Crippen molar-refractivity contribution in [3.8, 4) is 5.75 Å². The maximum atomic E-state index is 5.58. The molecule has 0 saturated heterocycles. The number of nitrogens with one attached hydrogen (secondary N) is 1. The van der Waals surface area contributed by atoms with E-state index in [0.29, 0.717) is 12.5 Å². The van der Waals surface area contributed by atoms with E-state index in [-0.39, 0.29) is 0 Å². The molecule has 1 N–H and O–H groups in total. The quantitative estimate of drug-likeness (QED) is 0.578. The van der Waals surface area contributed by atoms with Crippen molar-refractivity contribution in [2.75, 3.05) is 25.6 Å². The minimum atomic E-state index is 0.643. The number of para-hydroxylation sites is 1. The average molecular weight is 214 g/mol. The Morgan fingerprint density at radius 2 is 2.07 bits per heavy atom. The van der Waals surface area contributed by atoms with Gasteiger partial charge in [0.2, 0.25) is 0 Å². The largest absolute Gasteiger partial charge is 0.492 e. The summed E-state index contributed by atoms with van der Waals surface area (Å²) in [5, 5.41) is 3.17. The van der Waals surface area contributed by atoms with Crippen LogP contribution in [0.5, 0.6) is 5.75 Å². The van der Waals surface area contributed by atoms with Crippen LogP contribution >= 0.6 is 11.6 Å². The first-order chi connectivity index (χ1) is 6.84. The summed E-state index contributed by atoms with van der Waals surface area (Å²) in [6.45, 7) is 4.39. The van der Waals surface area contributed by atoms with Gasteiger partial charge in [-0.2, -0.15) is 0 Å². The molecule has 0 heterocycles. The van der Waals surface area contributed by atoms with Gasteiger partial charge < -0.3 is 10.1 Å². The van der Waals surface area contributed by atoms with Crippen LogP contribution in [0, 0.1) is 6.92 Å². The molecule has 1 aromatic carbocycles. The molecule has 78 valence electrons. The Morgan fingerprint density at radius 1 is 1.29 bits per heavy atom. The van der Waals surface area contributed by atoms with E-state index in [1.54, 1.807) is 0 Å². The lowest BCUT2D eigenvalue weighted by Crippen LogP contribution is -2.22. The number of hydrogen-bond acceptors (Lipinski definition) is 2. The molecule has 0 aromatic heterocycles. The number of benzene rings is 1. The summed E-state index contributed by atoms with van der Waals surface area (Å²) >= 11 is 5.52. The molecule has 3 heteroatoms. The lowest BCUT2D eigenvalue weighted by atomic mass is 10.2. The maximum absolute atomic E-state index is 5.58. The molecule has 0 aliphatic carbocycles. The Balaban J connectivity index is 2.21. The number of aryl methyl sites for hydroxylation is 1. The fourth-order valence-electron chi connectivity index (χ4n) is 1.14. The van der Waals surface area contributed by atoms with Gasteiger partial charge in [0, 0.05) is 19.0 Å². The summed E-state index contributed by atoms with van der Waals surface area (Å²) in [5.41, 5.74) is 1.17. The van der Waals surface area contributed by atoms with Gasteiger partial charge in [0.15, 0.2) is 0 Å². The van der Waals surface area contributed by atoms with E-state index in [2.05, 4.69) is 5.32 Å². The second-order valence-electron chi connectivity index (χ2n) is 3.05. The first kappa shape index (κ1) is 11.3. The number of ether oxygens (including phenoxy) is 1. The number of rotatable bonds is 6. The molecule has 1 rings (SSSR count). The third-order valence-corrected chi connectivity index (χ3v) is 2.09. The van der Waals surface area contributed by atoms with E-state index < -0.39 is 0 Å². The third kappa shape index (κ3) is 3.99. The fraction of sp³-hybridized carbons (Fsp3) is 0.455. The van der Waals surface area contributed by atoms with Gasteiger partial charge in [-0.15, -0.1) is 11.6 Å². The molecule has 0 bridgehead atoms. The summed E-state index contributed by atoms with van der Waals surface area (Å²) in [4.78, 5) is 0. The molecular weight excluding hydrogens is 198 g/mol. The van der Waals surface area contributed by atoms with Crippen LogP contribution in [0.1, 0.15) is 5.56 Å². The summed E-state index contributed by atoms with van der Waals surface area (Å²) in [6, 6.07) is 8.01. The van der Waals surface area contributed by atoms with Gasteiger partial charge in [-0.05, 0) is 18.6 Å². The van der Waals surface area contributed by atoms with E-state index in [9.17, 15) is 0 Å². The van der Waals surface area contributed by atoms with Crippen LogP contribution in [-0.4, -0.2) is 25.6 Å². The third-order valence-electron chi connectivity index (χ3n) is 1.90. The summed E-state index contributed by atoms with van der Waals surface area (Å²) < 4.78 is 5.58. The lowest BCUT2D eigenvalue weighted by Gasteiger charge is -2.08. The van der Waals surface area contributed by atoms with Crippen LogP contribution in [-0.2, 0) is 0 Å². The smallest absolute Gasteiger partial charge is 0.122 e. The highest BCUT2D eigenvalue weighted by Crippen LogP contribution is 2.15. The summed E-state index contributed by atoms with van der Waals surface area (Å²) in [5.74, 6) is 1.60. The average Bonchev–Trinajstić information content (AvgIpc) is 2.20. The van der Waals surface area contributed by atoms with Gasteiger partial charge in [-0.3, -0.25) is 0 Å². The minimum absolute atomic E-state index is 0.643. The van der Waals surface area contributed by atoms with E-state index in [1.807, 2.05) is 31.2 Å². The molecule has 14 heavy (non-hydrogen) atoms. The van der Waals surface area contributed by atoms with Gasteiger partial charge in [0.25, 0.3) is 0 Å². The topological polar surface area (TPSA) is 21.3 Å². The highest BCUT2D eigenvalue weighted by molar-refractivity contribution is 6.18. The van der Waals surface area contributed by atoms with Crippen molar-refractivity contribution in [3.05, 3.63) is 29.8 Å². The van der Waals surface area contributed by atoms with Crippen LogP contribution < -0.4 is 10.1 Å². The van der Waals surface area contributed by atoms with Crippen molar-refractivity contribution in [2.45, 2.75) is 6.92 Å². The summed E-state index contributed by atoms with van der Waals surface area (Å²) in [6.07, 6.45) is 0. The Kier molecular flexibility index (Phi) is 5.42. The predicted molar refractivity (Wildman–Crippen MR) is 60.3 cm³/mol. The fourth-order valence-corrected chi connectivity index (χ4v) is 1.28. The van der Waals surface area contributed by atoms with Gasteiger partial charge in [0.1, 0.15) is 12.4 Å². The Bertz CT molecular complexity index is 265. The first-order valence-corrected chi connectivity index (χ1v) is 5.33. The van der Waals surface area contributed by atoms with Crippen molar-refractivity contribution in [2.24, 2.45) is 0 Å². The number of hydrogen-bond donors (Lipinski definition) is 1. The zero-order chi connectivity index (χ0) is 10.2. The molecule has 0 fully saturated rings. The zero-order valence-electron chi connectivity index (χ0n) is 8.42. The van der Waals surface area contributed by atoms with Crippen molar-refractivity contribution >= 4 is 11.6 Å². The van der Waals surface area contributed by atoms with Crippen molar-refractivity contribution in [1.82, 2.24) is 5.32 Å². The van der Waals surface area contributed by atoms with Crippen LogP contribution in [0.15, 0.2) is 24.3 Å². The van der Waals surface area contributed by atoms with E-state index in [0.717, 1.165) is 18.8 Å². The summed E-state index contributed by atoms with van der Waals surface area (Å²) in [7, 11) is 0.